The average Bonchev–Trinajstić information content (AvgIpc) is 2.38. The van der Waals surface area contributed by atoms with Crippen molar-refractivity contribution < 1.29 is 87.8 Å². The third kappa shape index (κ3) is 4.42. The highest BCUT2D eigenvalue weighted by molar-refractivity contribution is 4.94. The summed E-state index contributed by atoms with van der Waals surface area (Å²) in [5.41, 5.74) is 0. The molecular formula is C8F20N2. The molecule has 0 aliphatic carbocycles. The van der Waals surface area contributed by atoms with Gasteiger partial charge < -0.3 is 0 Å². The molecule has 0 radical (unpaired) electrons. The first-order valence-electron chi connectivity index (χ1n) is 5.87. The van der Waals surface area contributed by atoms with Gasteiger partial charge in [-0.1, -0.05) is 10.0 Å². The number of hydrogen-bond acceptors (Lipinski definition) is 2. The Labute approximate surface area is 148 Å². The van der Waals surface area contributed by atoms with Crippen LogP contribution in [0, 0.1) is 0 Å². The van der Waals surface area contributed by atoms with Gasteiger partial charge in [0.05, 0.1) is 0 Å². The molecule has 0 aliphatic rings. The van der Waals surface area contributed by atoms with E-state index in [1.165, 1.54) is 0 Å². The van der Waals surface area contributed by atoms with E-state index in [1.54, 1.807) is 0 Å². The maximum atomic E-state index is 13.1. The lowest BCUT2D eigenvalue weighted by atomic mass is 10.3. The van der Waals surface area contributed by atoms with Gasteiger partial charge in [0.15, 0.2) is 0 Å². The van der Waals surface area contributed by atoms with Crippen LogP contribution in [-0.4, -0.2) is 58.9 Å². The van der Waals surface area contributed by atoms with Crippen molar-refractivity contribution >= 4 is 0 Å². The van der Waals surface area contributed by atoms with Crippen LogP contribution in [0.25, 0.3) is 0 Å². The topological polar surface area (TPSA) is 6.48 Å². The summed E-state index contributed by atoms with van der Waals surface area (Å²) >= 11 is 0. The van der Waals surface area contributed by atoms with E-state index in [2.05, 4.69) is 0 Å². The lowest BCUT2D eigenvalue weighted by Crippen LogP contribution is -2.79. The zero-order valence-corrected chi connectivity index (χ0v) is 12.5. The van der Waals surface area contributed by atoms with Crippen LogP contribution in [-0.2, 0) is 0 Å². The van der Waals surface area contributed by atoms with Crippen LogP contribution in [0.5, 0.6) is 0 Å². The van der Waals surface area contributed by atoms with Crippen LogP contribution >= 0.6 is 0 Å². The Hall–Kier alpha value is -1.48. The molecule has 22 heteroatoms. The van der Waals surface area contributed by atoms with Crippen molar-refractivity contribution in [2.75, 3.05) is 0 Å². The number of rotatable bonds is 5. The fourth-order valence-electron chi connectivity index (χ4n) is 1.34. The second kappa shape index (κ2) is 7.02. The summed E-state index contributed by atoms with van der Waals surface area (Å²) in [6, 6.07) is -34.0. The van der Waals surface area contributed by atoms with Crippen molar-refractivity contribution in [2.24, 2.45) is 0 Å². The summed E-state index contributed by atoms with van der Waals surface area (Å²) in [7, 11) is 0. The van der Waals surface area contributed by atoms with E-state index in [4.69, 9.17) is 0 Å². The molecule has 0 aromatic carbocycles. The van der Waals surface area contributed by atoms with Gasteiger partial charge in [-0.05, 0) is 0 Å². The molecular weight excluding hydrogens is 504 g/mol. The summed E-state index contributed by atoms with van der Waals surface area (Å²) in [6.07, 6.45) is -32.5. The molecule has 0 bridgehead atoms. The first kappa shape index (κ1) is 28.5. The normalized spacial score (nSPS) is 16.6. The third-order valence-electron chi connectivity index (χ3n) is 2.63. The van der Waals surface area contributed by atoms with Crippen molar-refractivity contribution in [3.63, 3.8) is 0 Å². The van der Waals surface area contributed by atoms with Gasteiger partial charge in [0, 0.05) is 0 Å². The van der Waals surface area contributed by atoms with Gasteiger partial charge >= 0.3 is 48.9 Å². The maximum Gasteiger partial charge on any atom is 0.470 e. The zero-order valence-electron chi connectivity index (χ0n) is 12.5. The molecule has 0 rings (SSSR count). The highest BCUT2D eigenvalue weighted by atomic mass is 19.4. The van der Waals surface area contributed by atoms with E-state index in [0.29, 0.717) is 0 Å². The van der Waals surface area contributed by atoms with Crippen molar-refractivity contribution in [3.8, 4) is 0 Å². The van der Waals surface area contributed by atoms with Gasteiger partial charge in [-0.3, -0.25) is 0 Å². The van der Waals surface area contributed by atoms with Gasteiger partial charge in [0.1, 0.15) is 0 Å². The van der Waals surface area contributed by atoms with Crippen molar-refractivity contribution in [1.29, 1.82) is 0 Å². The smallest absolute Gasteiger partial charge is 0.176 e. The van der Waals surface area contributed by atoms with Gasteiger partial charge in [-0.2, -0.15) is 87.8 Å². The van der Waals surface area contributed by atoms with Gasteiger partial charge in [-0.25, -0.2) is 0 Å². The summed E-state index contributed by atoms with van der Waals surface area (Å²) in [6.45, 7) is 0. The van der Waals surface area contributed by atoms with E-state index < -0.39 is 58.9 Å². The molecule has 2 nitrogen and oxygen atoms in total. The highest BCUT2D eigenvalue weighted by Gasteiger charge is 2.86. The Kier molecular flexibility index (Phi) is 6.67. The molecule has 0 fully saturated rings. The summed E-state index contributed by atoms with van der Waals surface area (Å²) < 4.78 is 251. The molecule has 182 valence electrons. The minimum atomic E-state index is -8.50. The Morgan fingerprint density at radius 1 is 0.233 bits per heavy atom. The first-order valence-corrected chi connectivity index (χ1v) is 5.87. The van der Waals surface area contributed by atoms with E-state index in [0.717, 1.165) is 0 Å². The predicted molar refractivity (Wildman–Crippen MR) is 47.7 cm³/mol. The number of alkyl halides is 20. The molecule has 0 amide bonds. The number of hydrazine groups is 1. The second-order valence-electron chi connectivity index (χ2n) is 4.78. The molecule has 0 heterocycles. The third-order valence-corrected chi connectivity index (χ3v) is 2.63. The Morgan fingerprint density at radius 2 is 0.333 bits per heavy atom. The molecule has 0 unspecified atom stereocenters. The lowest BCUT2D eigenvalue weighted by Gasteiger charge is -2.48. The average molecular weight is 504 g/mol. The SMILES string of the molecule is FC(F)(F)C(F)(F)N(N(C(F)(F)C(F)(F)F)C(F)(F)C(F)(F)F)C(F)(F)C(F)(F)F. The molecule has 0 saturated carbocycles. The largest absolute Gasteiger partial charge is 0.470 e. The Balaban J connectivity index is 7.62. The molecule has 30 heavy (non-hydrogen) atoms. The van der Waals surface area contributed by atoms with Crippen LogP contribution in [0.4, 0.5) is 87.8 Å². The summed E-state index contributed by atoms with van der Waals surface area (Å²) in [5.74, 6) is 0. The zero-order chi connectivity index (χ0) is 25.2. The van der Waals surface area contributed by atoms with E-state index >= 15 is 0 Å². The first-order chi connectivity index (χ1) is 12.5. The molecule has 0 saturated heterocycles. The van der Waals surface area contributed by atoms with Gasteiger partial charge in [-0.15, -0.1) is 0 Å². The minimum Gasteiger partial charge on any atom is -0.176 e. The fourth-order valence-corrected chi connectivity index (χ4v) is 1.34. The van der Waals surface area contributed by atoms with Crippen LogP contribution in [0.3, 0.4) is 0 Å². The van der Waals surface area contributed by atoms with E-state index in [9.17, 15) is 87.8 Å². The number of hydrogen-bond donors (Lipinski definition) is 0. The number of nitrogens with zero attached hydrogens (tertiary/aromatic N) is 2. The molecule has 0 aromatic heterocycles. The van der Waals surface area contributed by atoms with Crippen molar-refractivity contribution in [3.05, 3.63) is 0 Å². The molecule has 0 N–H and O–H groups in total. The molecule has 0 atom stereocenters. The predicted octanol–water partition coefficient (Wildman–Crippen LogP) is 6.13. The Morgan fingerprint density at radius 3 is 0.400 bits per heavy atom. The van der Waals surface area contributed by atoms with Crippen LogP contribution in [0.1, 0.15) is 0 Å². The van der Waals surface area contributed by atoms with Crippen molar-refractivity contribution in [2.45, 2.75) is 48.9 Å². The monoisotopic (exact) mass is 504 g/mol. The highest BCUT2D eigenvalue weighted by Crippen LogP contribution is 2.57. The summed E-state index contributed by atoms with van der Waals surface area (Å²) in [4.78, 5) is 0. The maximum absolute atomic E-state index is 13.1. The quantitative estimate of drug-likeness (QED) is 0.253. The molecule has 0 aliphatic heterocycles. The lowest BCUT2D eigenvalue weighted by molar-refractivity contribution is -0.561. The van der Waals surface area contributed by atoms with Gasteiger partial charge in [0.25, 0.3) is 0 Å². The van der Waals surface area contributed by atoms with Crippen LogP contribution in [0.15, 0.2) is 0 Å². The number of halogens is 20. The summed E-state index contributed by atoms with van der Waals surface area (Å²) in [5, 5.41) is -10.1. The second-order valence-corrected chi connectivity index (χ2v) is 4.78. The van der Waals surface area contributed by atoms with Crippen LogP contribution in [0.2, 0.25) is 0 Å². The van der Waals surface area contributed by atoms with E-state index in [1.807, 2.05) is 0 Å². The fraction of sp³-hybridized carbons (Fsp3) is 1.00. The molecule has 0 aromatic rings. The molecule has 0 spiro atoms. The minimum absolute atomic E-state index is 5.05. The van der Waals surface area contributed by atoms with Gasteiger partial charge in [0.2, 0.25) is 0 Å². The standard InChI is InChI=1S/C8F20N2/c9-1(10,11)5(21,22)29(6(23,24)2(12,13)14)30(7(25,26)3(15,16)17)8(27,28)4(18,19)20. The van der Waals surface area contributed by atoms with Crippen LogP contribution < -0.4 is 0 Å². The Bertz CT molecular complexity index is 496. The van der Waals surface area contributed by atoms with Crippen molar-refractivity contribution in [1.82, 2.24) is 10.0 Å². The van der Waals surface area contributed by atoms with E-state index in [-0.39, 0.29) is 0 Å².